The van der Waals surface area contributed by atoms with Crippen molar-refractivity contribution in [2.45, 2.75) is 32.7 Å². The Kier molecular flexibility index (Phi) is 4.91. The number of nitrogens with one attached hydrogen (secondary N) is 1. The summed E-state index contributed by atoms with van der Waals surface area (Å²) in [4.78, 5) is 10.7. The van der Waals surface area contributed by atoms with E-state index in [1.807, 2.05) is 26.8 Å². The van der Waals surface area contributed by atoms with Gasteiger partial charge in [0, 0.05) is 17.4 Å². The standard InChI is InChI=1S/C16H22NO3P/c1-7-12-13(16(2,3)4)8-11(10-17-15(18)19)9-14(12)21(5,6)20/h1,8-9,17H,10H2,2-6H3,(H,18,19). The van der Waals surface area contributed by atoms with E-state index in [1.165, 1.54) is 0 Å². The third kappa shape index (κ3) is 4.37. The summed E-state index contributed by atoms with van der Waals surface area (Å²) in [6, 6.07) is 3.64. The molecule has 1 amide bonds. The lowest BCUT2D eigenvalue weighted by Crippen LogP contribution is -2.24. The summed E-state index contributed by atoms with van der Waals surface area (Å²) in [6.07, 6.45) is 4.54. The van der Waals surface area contributed by atoms with Gasteiger partial charge < -0.3 is 15.0 Å². The Morgan fingerprint density at radius 3 is 2.33 bits per heavy atom. The van der Waals surface area contributed by atoms with Gasteiger partial charge in [0.05, 0.1) is 0 Å². The molecular weight excluding hydrogens is 285 g/mol. The quantitative estimate of drug-likeness (QED) is 0.666. The topological polar surface area (TPSA) is 66.4 Å². The first-order chi connectivity index (χ1) is 9.46. The van der Waals surface area contributed by atoms with E-state index in [-0.39, 0.29) is 12.0 Å². The van der Waals surface area contributed by atoms with Crippen LogP contribution in [0, 0.1) is 12.3 Å². The smallest absolute Gasteiger partial charge is 0.404 e. The van der Waals surface area contributed by atoms with Crippen molar-refractivity contribution in [3.63, 3.8) is 0 Å². The Hall–Kier alpha value is -1.72. The maximum Gasteiger partial charge on any atom is 0.404 e. The molecule has 0 aliphatic heterocycles. The fourth-order valence-corrected chi connectivity index (χ4v) is 3.33. The van der Waals surface area contributed by atoms with Crippen molar-refractivity contribution >= 4 is 18.5 Å². The van der Waals surface area contributed by atoms with Gasteiger partial charge in [-0.25, -0.2) is 4.79 Å². The fourth-order valence-electron chi connectivity index (χ4n) is 2.13. The van der Waals surface area contributed by atoms with Crippen molar-refractivity contribution in [3.05, 3.63) is 28.8 Å². The van der Waals surface area contributed by atoms with Crippen LogP contribution in [0.3, 0.4) is 0 Å². The van der Waals surface area contributed by atoms with E-state index >= 15 is 0 Å². The number of rotatable bonds is 3. The number of hydrogen-bond acceptors (Lipinski definition) is 2. The zero-order valence-corrected chi connectivity index (χ0v) is 14.0. The summed E-state index contributed by atoms with van der Waals surface area (Å²) in [6.45, 7) is 9.58. The van der Waals surface area contributed by atoms with Gasteiger partial charge in [-0.05, 0) is 35.9 Å². The monoisotopic (exact) mass is 307 g/mol. The molecule has 1 aromatic rings. The van der Waals surface area contributed by atoms with Crippen molar-refractivity contribution < 1.29 is 14.5 Å². The molecule has 2 N–H and O–H groups in total. The predicted molar refractivity (Wildman–Crippen MR) is 87.0 cm³/mol. The molecule has 5 heteroatoms. The second-order valence-electron chi connectivity index (χ2n) is 6.44. The molecule has 4 nitrogen and oxygen atoms in total. The summed E-state index contributed by atoms with van der Waals surface area (Å²) < 4.78 is 12.5. The highest BCUT2D eigenvalue weighted by Crippen LogP contribution is 2.39. The number of terminal acetylenes is 1. The summed E-state index contributed by atoms with van der Waals surface area (Å²) in [7, 11) is -2.56. The Bertz CT molecular complexity index is 645. The first kappa shape index (κ1) is 17.3. The van der Waals surface area contributed by atoms with Crippen molar-refractivity contribution in [2.75, 3.05) is 13.3 Å². The number of carboxylic acid groups (broad SMARTS) is 1. The molecule has 0 saturated carbocycles. The lowest BCUT2D eigenvalue weighted by molar-refractivity contribution is 0.194. The highest BCUT2D eigenvalue weighted by molar-refractivity contribution is 7.70. The molecule has 0 spiro atoms. The average molecular weight is 307 g/mol. The minimum atomic E-state index is -2.56. The molecule has 0 heterocycles. The Morgan fingerprint density at radius 1 is 1.38 bits per heavy atom. The van der Waals surface area contributed by atoms with Gasteiger partial charge in [0.25, 0.3) is 0 Å². The zero-order chi connectivity index (χ0) is 16.4. The molecule has 21 heavy (non-hydrogen) atoms. The predicted octanol–water partition coefficient (Wildman–Crippen LogP) is 2.98. The first-order valence-electron chi connectivity index (χ1n) is 6.63. The van der Waals surface area contributed by atoms with E-state index in [0.29, 0.717) is 10.9 Å². The van der Waals surface area contributed by atoms with E-state index < -0.39 is 13.2 Å². The molecule has 1 rings (SSSR count). The molecule has 0 unspecified atom stereocenters. The number of amides is 1. The van der Waals surface area contributed by atoms with Gasteiger partial charge in [-0.1, -0.05) is 32.8 Å². The van der Waals surface area contributed by atoms with Crippen molar-refractivity contribution in [1.82, 2.24) is 5.32 Å². The maximum atomic E-state index is 12.5. The van der Waals surface area contributed by atoms with Gasteiger partial charge in [0.1, 0.15) is 7.14 Å². The molecule has 114 valence electrons. The van der Waals surface area contributed by atoms with Crippen LogP contribution in [0.1, 0.15) is 37.5 Å². The number of hydrogen-bond donors (Lipinski definition) is 2. The molecule has 0 atom stereocenters. The second kappa shape index (κ2) is 5.95. The van der Waals surface area contributed by atoms with Crippen LogP contribution in [0.25, 0.3) is 0 Å². The number of carbonyl (C=O) groups is 1. The van der Waals surface area contributed by atoms with Crippen LogP contribution in [0.2, 0.25) is 0 Å². The van der Waals surface area contributed by atoms with E-state index in [2.05, 4.69) is 11.2 Å². The van der Waals surface area contributed by atoms with Crippen LogP contribution < -0.4 is 10.6 Å². The molecule has 0 fully saturated rings. The van der Waals surface area contributed by atoms with Crippen LogP contribution in [0.15, 0.2) is 12.1 Å². The van der Waals surface area contributed by atoms with Gasteiger partial charge in [-0.15, -0.1) is 6.42 Å². The molecule has 0 aliphatic carbocycles. The highest BCUT2D eigenvalue weighted by Gasteiger charge is 2.25. The van der Waals surface area contributed by atoms with E-state index in [1.54, 1.807) is 19.4 Å². The average Bonchev–Trinajstić information content (AvgIpc) is 2.32. The maximum absolute atomic E-state index is 12.5. The van der Waals surface area contributed by atoms with Gasteiger partial charge >= 0.3 is 6.09 Å². The summed E-state index contributed by atoms with van der Waals surface area (Å²) >= 11 is 0. The van der Waals surface area contributed by atoms with Crippen LogP contribution in [0.5, 0.6) is 0 Å². The molecule has 0 saturated heterocycles. The van der Waals surface area contributed by atoms with Gasteiger partial charge in [-0.3, -0.25) is 0 Å². The minimum absolute atomic E-state index is 0.163. The molecule has 0 aliphatic rings. The van der Waals surface area contributed by atoms with Gasteiger partial charge in [-0.2, -0.15) is 0 Å². The lowest BCUT2D eigenvalue weighted by Gasteiger charge is -2.25. The number of benzene rings is 1. The van der Waals surface area contributed by atoms with Crippen LogP contribution in [-0.2, 0) is 16.5 Å². The minimum Gasteiger partial charge on any atom is -0.465 e. The summed E-state index contributed by atoms with van der Waals surface area (Å²) in [5.41, 5.74) is 2.12. The molecule has 0 radical (unpaired) electrons. The lowest BCUT2D eigenvalue weighted by atomic mass is 9.83. The van der Waals surface area contributed by atoms with E-state index in [0.717, 1.165) is 11.1 Å². The van der Waals surface area contributed by atoms with Gasteiger partial charge in [0.15, 0.2) is 0 Å². The summed E-state index contributed by atoms with van der Waals surface area (Å²) in [5, 5.41) is 11.7. The third-order valence-corrected chi connectivity index (χ3v) is 4.67. The Morgan fingerprint density at radius 2 is 1.95 bits per heavy atom. The van der Waals surface area contributed by atoms with Crippen molar-refractivity contribution in [1.29, 1.82) is 0 Å². The molecule has 0 aromatic heterocycles. The third-order valence-electron chi connectivity index (χ3n) is 3.15. The largest absolute Gasteiger partial charge is 0.465 e. The fraction of sp³-hybridized carbons (Fsp3) is 0.438. The van der Waals surface area contributed by atoms with Crippen LogP contribution in [-0.4, -0.2) is 24.5 Å². The zero-order valence-electron chi connectivity index (χ0n) is 13.2. The Labute approximate surface area is 126 Å². The first-order valence-corrected chi connectivity index (χ1v) is 9.23. The summed E-state index contributed by atoms with van der Waals surface area (Å²) in [5.74, 6) is 2.66. The van der Waals surface area contributed by atoms with Crippen LogP contribution >= 0.6 is 7.14 Å². The highest BCUT2D eigenvalue weighted by atomic mass is 31.2. The molecule has 0 bridgehead atoms. The van der Waals surface area contributed by atoms with Crippen molar-refractivity contribution in [3.8, 4) is 12.3 Å². The normalized spacial score (nSPS) is 11.8. The molecular formula is C16H22NO3P. The van der Waals surface area contributed by atoms with Crippen molar-refractivity contribution in [2.24, 2.45) is 0 Å². The SMILES string of the molecule is C#Cc1c(C(C)(C)C)cc(CNC(=O)O)cc1P(C)(C)=O. The van der Waals surface area contributed by atoms with Gasteiger partial charge in [0.2, 0.25) is 0 Å². The van der Waals surface area contributed by atoms with E-state index in [9.17, 15) is 9.36 Å². The van der Waals surface area contributed by atoms with Crippen LogP contribution in [0.4, 0.5) is 4.79 Å². The molecule has 1 aromatic carbocycles. The second-order valence-corrected chi connectivity index (χ2v) is 9.62. The Balaban J connectivity index is 3.56. The van der Waals surface area contributed by atoms with E-state index in [4.69, 9.17) is 11.5 Å².